The van der Waals surface area contributed by atoms with E-state index in [0.29, 0.717) is 6.04 Å². The third kappa shape index (κ3) is 0.970. The maximum absolute atomic E-state index is 3.26. The molecule has 2 heteroatoms. The van der Waals surface area contributed by atoms with E-state index in [2.05, 4.69) is 16.8 Å². The Bertz CT molecular complexity index is 91.1. The van der Waals surface area contributed by atoms with Gasteiger partial charge in [-0.3, -0.25) is 4.90 Å². The van der Waals surface area contributed by atoms with Crippen molar-refractivity contribution in [2.45, 2.75) is 18.9 Å². The number of rotatable bonds is 0. The molecule has 1 unspecified atom stereocenters. The Morgan fingerprint density at radius 1 is 1.44 bits per heavy atom. The van der Waals surface area contributed by atoms with Crippen molar-refractivity contribution in [3.05, 3.63) is 6.54 Å². The van der Waals surface area contributed by atoms with Gasteiger partial charge in [-0.25, -0.2) is 0 Å². The van der Waals surface area contributed by atoms with E-state index in [9.17, 15) is 0 Å². The lowest BCUT2D eigenvalue weighted by Gasteiger charge is -2.28. The minimum Gasteiger partial charge on any atom is -0.305 e. The van der Waals surface area contributed by atoms with Crippen LogP contribution in [0.5, 0.6) is 0 Å². The van der Waals surface area contributed by atoms with Gasteiger partial charge in [-0.1, -0.05) is 0 Å². The summed E-state index contributed by atoms with van der Waals surface area (Å²) in [5.41, 5.74) is 0. The van der Waals surface area contributed by atoms with E-state index in [1.54, 1.807) is 0 Å². The van der Waals surface area contributed by atoms with Crippen LogP contribution in [0.15, 0.2) is 0 Å². The Kier molecular flexibility index (Phi) is 1.44. The Morgan fingerprint density at radius 2 is 2.44 bits per heavy atom. The fourth-order valence-corrected chi connectivity index (χ4v) is 1.65. The molecule has 9 heavy (non-hydrogen) atoms. The number of nitrogens with zero attached hydrogens (tertiary/aromatic N) is 1. The van der Waals surface area contributed by atoms with E-state index in [1.165, 1.54) is 25.9 Å². The topological polar surface area (TPSA) is 15.3 Å². The Balaban J connectivity index is 1.97. The van der Waals surface area contributed by atoms with Crippen molar-refractivity contribution in [2.24, 2.45) is 0 Å². The minimum absolute atomic E-state index is 0.638. The van der Waals surface area contributed by atoms with E-state index >= 15 is 0 Å². The van der Waals surface area contributed by atoms with Crippen LogP contribution in [0.1, 0.15) is 12.8 Å². The van der Waals surface area contributed by atoms with Crippen LogP contribution in [0.4, 0.5) is 0 Å². The zero-order valence-corrected chi connectivity index (χ0v) is 5.56. The molecule has 0 aromatic carbocycles. The summed E-state index contributed by atoms with van der Waals surface area (Å²) >= 11 is 0. The second-order valence-corrected chi connectivity index (χ2v) is 2.77. The number of piperazine rings is 1. The van der Waals surface area contributed by atoms with Crippen LogP contribution in [0, 0.1) is 6.54 Å². The first-order valence-electron chi connectivity index (χ1n) is 3.69. The number of nitrogens with one attached hydrogen (secondary N) is 1. The highest BCUT2D eigenvalue weighted by atomic mass is 15.2. The summed E-state index contributed by atoms with van der Waals surface area (Å²) in [6, 6.07) is 0.638. The van der Waals surface area contributed by atoms with Crippen LogP contribution in [-0.4, -0.2) is 30.6 Å². The Labute approximate surface area is 56.2 Å². The lowest BCUT2D eigenvalue weighted by molar-refractivity contribution is 0.241. The third-order valence-corrected chi connectivity index (χ3v) is 2.16. The van der Waals surface area contributed by atoms with E-state index in [-0.39, 0.29) is 0 Å². The summed E-state index contributed by atoms with van der Waals surface area (Å²) in [6.07, 6.45) is 2.67. The van der Waals surface area contributed by atoms with Crippen molar-refractivity contribution in [3.63, 3.8) is 0 Å². The van der Waals surface area contributed by atoms with Crippen LogP contribution in [0.2, 0.25) is 0 Å². The summed E-state index contributed by atoms with van der Waals surface area (Å²) < 4.78 is 0. The van der Waals surface area contributed by atoms with Gasteiger partial charge in [0.05, 0.1) is 6.54 Å². The average molecular weight is 124 g/mol. The highest BCUT2D eigenvalue weighted by Gasteiger charge is 2.26. The van der Waals surface area contributed by atoms with Crippen molar-refractivity contribution >= 4 is 0 Å². The van der Waals surface area contributed by atoms with Crippen molar-refractivity contribution in [2.75, 3.05) is 19.6 Å². The van der Waals surface area contributed by atoms with Crippen LogP contribution in [0.3, 0.4) is 0 Å². The third-order valence-electron chi connectivity index (χ3n) is 2.16. The molecular weight excluding hydrogens is 112 g/mol. The lowest BCUT2D eigenvalue weighted by atomic mass is 10.2. The molecule has 1 atom stereocenters. The molecule has 2 heterocycles. The number of fused-ring (bicyclic) bond motifs is 1. The second kappa shape index (κ2) is 2.27. The number of hydrogen-bond donors (Lipinski definition) is 1. The molecule has 0 aromatic rings. The van der Waals surface area contributed by atoms with Crippen molar-refractivity contribution in [3.8, 4) is 0 Å². The predicted octanol–water partition coefficient (Wildman–Crippen LogP) is 0.0928. The first-order chi connectivity index (χ1) is 4.47. The van der Waals surface area contributed by atoms with Crippen LogP contribution in [0.25, 0.3) is 0 Å². The molecule has 1 N–H and O–H groups in total. The van der Waals surface area contributed by atoms with E-state index in [1.807, 2.05) is 0 Å². The van der Waals surface area contributed by atoms with Gasteiger partial charge in [-0.2, -0.15) is 0 Å². The van der Waals surface area contributed by atoms with Gasteiger partial charge in [-0.05, 0) is 19.4 Å². The highest BCUT2D eigenvalue weighted by Crippen LogP contribution is 2.19. The molecule has 2 radical (unpaired) electrons. The van der Waals surface area contributed by atoms with E-state index < -0.39 is 0 Å². The first-order valence-corrected chi connectivity index (χ1v) is 3.69. The average Bonchev–Trinajstić information content (AvgIpc) is 2.33. The quantitative estimate of drug-likeness (QED) is 0.492. The molecule has 2 rings (SSSR count). The predicted molar refractivity (Wildman–Crippen MR) is 35.8 cm³/mol. The zero-order chi connectivity index (χ0) is 6.10. The van der Waals surface area contributed by atoms with Gasteiger partial charge in [0, 0.05) is 19.1 Å². The van der Waals surface area contributed by atoms with Gasteiger partial charge in [-0.15, -0.1) is 0 Å². The van der Waals surface area contributed by atoms with Crippen molar-refractivity contribution in [1.82, 2.24) is 10.2 Å². The largest absolute Gasteiger partial charge is 0.305 e. The van der Waals surface area contributed by atoms with Crippen molar-refractivity contribution in [1.29, 1.82) is 0 Å². The smallest absolute Gasteiger partial charge is 0.0776 e. The molecule has 2 fully saturated rings. The van der Waals surface area contributed by atoms with Gasteiger partial charge < -0.3 is 5.32 Å². The molecule has 0 spiro atoms. The molecule has 0 aliphatic carbocycles. The molecule has 50 valence electrons. The normalized spacial score (nSPS) is 36.7. The molecule has 2 nitrogen and oxygen atoms in total. The van der Waals surface area contributed by atoms with Gasteiger partial charge in [0.2, 0.25) is 0 Å². The Hall–Kier alpha value is -0.0800. The molecule has 0 saturated carbocycles. The lowest BCUT2D eigenvalue weighted by Crippen LogP contribution is -2.44. The summed E-state index contributed by atoms with van der Waals surface area (Å²) in [7, 11) is 0. The molecular formula is C7H12N2. The van der Waals surface area contributed by atoms with Crippen LogP contribution >= 0.6 is 0 Å². The monoisotopic (exact) mass is 124 g/mol. The molecule has 2 aliphatic rings. The maximum Gasteiger partial charge on any atom is 0.0776 e. The summed E-state index contributed by atoms with van der Waals surface area (Å²) in [5.74, 6) is 0. The minimum atomic E-state index is 0.638. The highest BCUT2D eigenvalue weighted by molar-refractivity contribution is 4.92. The van der Waals surface area contributed by atoms with Gasteiger partial charge in [0.15, 0.2) is 0 Å². The summed E-state index contributed by atoms with van der Waals surface area (Å²) in [4.78, 5) is 2.50. The van der Waals surface area contributed by atoms with Gasteiger partial charge in [0.1, 0.15) is 0 Å². The van der Waals surface area contributed by atoms with Gasteiger partial charge in [0.25, 0.3) is 0 Å². The number of hydrogen-bond acceptors (Lipinski definition) is 2. The summed E-state index contributed by atoms with van der Waals surface area (Å²) in [6.45, 7) is 6.86. The SMILES string of the molecule is [C]1NCCN2CCCC12. The molecule has 0 bridgehead atoms. The van der Waals surface area contributed by atoms with Crippen LogP contribution in [-0.2, 0) is 0 Å². The maximum atomic E-state index is 3.26. The van der Waals surface area contributed by atoms with Crippen molar-refractivity contribution < 1.29 is 0 Å². The Morgan fingerprint density at radius 3 is 3.33 bits per heavy atom. The molecule has 2 saturated heterocycles. The summed E-state index contributed by atoms with van der Waals surface area (Å²) in [5, 5.41) is 3.16. The first kappa shape index (κ1) is 5.69. The standard InChI is InChI=1S/C7H12N2/c1-2-7-6-8-3-5-9(7)4-1/h7-8H,1-5H2. The van der Waals surface area contributed by atoms with Gasteiger partial charge >= 0.3 is 0 Å². The fourth-order valence-electron chi connectivity index (χ4n) is 1.65. The second-order valence-electron chi connectivity index (χ2n) is 2.77. The fraction of sp³-hybridized carbons (Fsp3) is 0.857. The molecule has 0 aromatic heterocycles. The zero-order valence-electron chi connectivity index (χ0n) is 5.56. The van der Waals surface area contributed by atoms with E-state index in [0.717, 1.165) is 6.54 Å². The molecule has 0 amide bonds. The van der Waals surface area contributed by atoms with Crippen LogP contribution < -0.4 is 5.32 Å². The molecule has 2 aliphatic heterocycles. The van der Waals surface area contributed by atoms with E-state index in [4.69, 9.17) is 0 Å².